The Bertz CT molecular complexity index is 394. The molecule has 0 bridgehead atoms. The van der Waals surface area contributed by atoms with Gasteiger partial charge in [0.05, 0.1) is 16.9 Å². The quantitative estimate of drug-likeness (QED) is 0.848. The molecule has 1 heterocycles. The first-order valence-electron chi connectivity index (χ1n) is 6.24. The van der Waals surface area contributed by atoms with Crippen LogP contribution in [0.15, 0.2) is 12.3 Å². The van der Waals surface area contributed by atoms with Crippen molar-refractivity contribution in [1.82, 2.24) is 4.98 Å². The van der Waals surface area contributed by atoms with Crippen LogP contribution in [0.3, 0.4) is 0 Å². The molecular weight excluding hydrogens is 234 g/mol. The van der Waals surface area contributed by atoms with Gasteiger partial charge in [0.25, 0.3) is 0 Å². The van der Waals surface area contributed by atoms with Gasteiger partial charge in [-0.1, -0.05) is 25.4 Å². The van der Waals surface area contributed by atoms with E-state index in [2.05, 4.69) is 24.1 Å². The molecule has 94 valence electrons. The summed E-state index contributed by atoms with van der Waals surface area (Å²) in [5.74, 6) is 2.25. The van der Waals surface area contributed by atoms with Crippen LogP contribution in [0.1, 0.15) is 33.1 Å². The Morgan fingerprint density at radius 2 is 2.18 bits per heavy atom. The lowest BCUT2D eigenvalue weighted by Crippen LogP contribution is -2.33. The van der Waals surface area contributed by atoms with E-state index in [1.165, 1.54) is 19.3 Å². The minimum atomic E-state index is 0.472. The third-order valence-electron chi connectivity index (χ3n) is 3.62. The van der Waals surface area contributed by atoms with E-state index in [0.717, 1.165) is 11.7 Å². The van der Waals surface area contributed by atoms with Crippen molar-refractivity contribution in [1.29, 1.82) is 0 Å². The molecule has 1 aliphatic carbocycles. The summed E-state index contributed by atoms with van der Waals surface area (Å²) in [5.41, 5.74) is 6.23. The highest BCUT2D eigenvalue weighted by Gasteiger charge is 2.25. The summed E-state index contributed by atoms with van der Waals surface area (Å²) in [6.45, 7) is 4.61. The van der Waals surface area contributed by atoms with Gasteiger partial charge in [-0.15, -0.1) is 0 Å². The molecule has 1 fully saturated rings. The largest absolute Gasteiger partial charge is 0.397 e. The molecule has 0 radical (unpaired) electrons. The van der Waals surface area contributed by atoms with E-state index in [9.17, 15) is 0 Å². The van der Waals surface area contributed by atoms with E-state index in [-0.39, 0.29) is 0 Å². The second-order valence-electron chi connectivity index (χ2n) is 5.25. The fourth-order valence-electron chi connectivity index (χ4n) is 2.61. The highest BCUT2D eigenvalue weighted by molar-refractivity contribution is 6.33. The number of hydrogen-bond acceptors (Lipinski definition) is 3. The van der Waals surface area contributed by atoms with Crippen molar-refractivity contribution in [2.75, 3.05) is 11.1 Å². The van der Waals surface area contributed by atoms with Crippen molar-refractivity contribution in [3.8, 4) is 0 Å². The van der Waals surface area contributed by atoms with Gasteiger partial charge < -0.3 is 11.1 Å². The number of nitrogens with zero attached hydrogens (tertiary/aromatic N) is 1. The molecule has 3 N–H and O–H groups in total. The van der Waals surface area contributed by atoms with Gasteiger partial charge in [-0.25, -0.2) is 4.98 Å². The van der Waals surface area contributed by atoms with Crippen LogP contribution in [0, 0.1) is 11.8 Å². The van der Waals surface area contributed by atoms with Crippen LogP contribution in [0.5, 0.6) is 0 Å². The average Bonchev–Trinajstić information content (AvgIpc) is 2.25. The van der Waals surface area contributed by atoms with Crippen molar-refractivity contribution in [2.45, 2.75) is 39.2 Å². The lowest BCUT2D eigenvalue weighted by molar-refractivity contribution is 0.276. The van der Waals surface area contributed by atoms with Crippen LogP contribution >= 0.6 is 11.6 Å². The molecule has 17 heavy (non-hydrogen) atoms. The Balaban J connectivity index is 2.05. The molecule has 1 aliphatic rings. The highest BCUT2D eigenvalue weighted by atomic mass is 35.5. The Morgan fingerprint density at radius 3 is 2.82 bits per heavy atom. The van der Waals surface area contributed by atoms with Gasteiger partial charge in [-0.2, -0.15) is 0 Å². The van der Waals surface area contributed by atoms with E-state index in [4.69, 9.17) is 17.3 Å². The molecule has 2 rings (SSSR count). The molecule has 0 saturated heterocycles. The maximum absolute atomic E-state index is 6.12. The number of nitrogens with one attached hydrogen (secondary N) is 1. The number of hydrogen-bond donors (Lipinski definition) is 2. The molecule has 0 spiro atoms. The topological polar surface area (TPSA) is 50.9 Å². The predicted molar refractivity (Wildman–Crippen MR) is 73.2 cm³/mol. The number of nitrogens with two attached hydrogens (primary N) is 1. The number of rotatable bonds is 2. The van der Waals surface area contributed by atoms with E-state index < -0.39 is 0 Å². The summed E-state index contributed by atoms with van der Waals surface area (Å²) in [7, 11) is 0. The van der Waals surface area contributed by atoms with Crippen LogP contribution in [0.2, 0.25) is 5.02 Å². The standard InChI is InChI=1S/C13H20ClN3/c1-8-3-4-12(9(2)5-8)17-13-11(14)6-10(15)7-16-13/h6-9,12H,3-5,15H2,1-2H3,(H,16,17). The zero-order chi connectivity index (χ0) is 12.4. The predicted octanol–water partition coefficient (Wildman–Crippen LogP) is 3.55. The van der Waals surface area contributed by atoms with Crippen molar-refractivity contribution < 1.29 is 0 Å². The maximum atomic E-state index is 6.12. The Labute approximate surface area is 108 Å². The third-order valence-corrected chi connectivity index (χ3v) is 3.90. The van der Waals surface area contributed by atoms with Gasteiger partial charge in [0.2, 0.25) is 0 Å². The molecular formula is C13H20ClN3. The van der Waals surface area contributed by atoms with Crippen LogP contribution in [0.25, 0.3) is 0 Å². The van der Waals surface area contributed by atoms with Crippen molar-refractivity contribution >= 4 is 23.1 Å². The van der Waals surface area contributed by atoms with Gasteiger partial charge in [-0.3, -0.25) is 0 Å². The highest BCUT2D eigenvalue weighted by Crippen LogP contribution is 2.32. The molecule has 3 unspecified atom stereocenters. The second-order valence-corrected chi connectivity index (χ2v) is 5.65. The first-order chi connectivity index (χ1) is 8.06. The van der Waals surface area contributed by atoms with Gasteiger partial charge in [0, 0.05) is 6.04 Å². The zero-order valence-electron chi connectivity index (χ0n) is 10.4. The summed E-state index contributed by atoms with van der Waals surface area (Å²) in [5, 5.41) is 4.06. The van der Waals surface area contributed by atoms with E-state index in [1.54, 1.807) is 12.3 Å². The van der Waals surface area contributed by atoms with Crippen LogP contribution in [0.4, 0.5) is 11.5 Å². The Hall–Kier alpha value is -0.960. The summed E-state index contributed by atoms with van der Waals surface area (Å²) in [6, 6.07) is 2.22. The van der Waals surface area contributed by atoms with Gasteiger partial charge in [0.15, 0.2) is 0 Å². The summed E-state index contributed by atoms with van der Waals surface area (Å²) < 4.78 is 0. The normalized spacial score (nSPS) is 29.0. The smallest absolute Gasteiger partial charge is 0.145 e. The van der Waals surface area contributed by atoms with Gasteiger partial charge in [-0.05, 0) is 37.2 Å². The molecule has 3 atom stereocenters. The number of halogens is 1. The van der Waals surface area contributed by atoms with E-state index in [1.807, 2.05) is 0 Å². The van der Waals surface area contributed by atoms with Gasteiger partial charge in [0.1, 0.15) is 5.82 Å². The maximum Gasteiger partial charge on any atom is 0.145 e. The van der Waals surface area contributed by atoms with Crippen LogP contribution in [-0.4, -0.2) is 11.0 Å². The first-order valence-corrected chi connectivity index (χ1v) is 6.61. The van der Waals surface area contributed by atoms with Crippen LogP contribution < -0.4 is 11.1 Å². The minimum Gasteiger partial charge on any atom is -0.397 e. The summed E-state index contributed by atoms with van der Waals surface area (Å²) in [6.07, 6.45) is 5.37. The van der Waals surface area contributed by atoms with Crippen molar-refractivity contribution in [2.24, 2.45) is 11.8 Å². The Morgan fingerprint density at radius 1 is 1.41 bits per heavy atom. The average molecular weight is 254 g/mol. The lowest BCUT2D eigenvalue weighted by Gasteiger charge is -2.33. The van der Waals surface area contributed by atoms with Gasteiger partial charge >= 0.3 is 0 Å². The van der Waals surface area contributed by atoms with Crippen molar-refractivity contribution in [3.63, 3.8) is 0 Å². The van der Waals surface area contributed by atoms with E-state index in [0.29, 0.717) is 22.7 Å². The lowest BCUT2D eigenvalue weighted by atomic mass is 9.80. The molecule has 4 heteroatoms. The second kappa shape index (κ2) is 5.13. The molecule has 0 aliphatic heterocycles. The van der Waals surface area contributed by atoms with E-state index >= 15 is 0 Å². The fraction of sp³-hybridized carbons (Fsp3) is 0.615. The molecule has 1 saturated carbocycles. The molecule has 0 amide bonds. The summed E-state index contributed by atoms with van der Waals surface area (Å²) in [4.78, 5) is 4.26. The summed E-state index contributed by atoms with van der Waals surface area (Å²) >= 11 is 6.12. The number of anilines is 2. The molecule has 0 aromatic carbocycles. The monoisotopic (exact) mass is 253 g/mol. The van der Waals surface area contributed by atoms with Crippen LogP contribution in [-0.2, 0) is 0 Å². The fourth-order valence-corrected chi connectivity index (χ4v) is 2.84. The minimum absolute atomic E-state index is 0.472. The Kier molecular flexibility index (Phi) is 3.77. The molecule has 3 nitrogen and oxygen atoms in total. The van der Waals surface area contributed by atoms with Crippen molar-refractivity contribution in [3.05, 3.63) is 17.3 Å². The molecule has 1 aromatic heterocycles. The zero-order valence-corrected chi connectivity index (χ0v) is 11.2. The first kappa shape index (κ1) is 12.5. The third kappa shape index (κ3) is 3.03. The SMILES string of the molecule is CC1CCC(Nc2ncc(N)cc2Cl)C(C)C1. The molecule has 1 aromatic rings. The number of pyridine rings is 1. The number of aromatic nitrogens is 1. The number of nitrogen functional groups attached to an aromatic ring is 1.